The third-order valence-electron chi connectivity index (χ3n) is 4.20. The quantitative estimate of drug-likeness (QED) is 0.635. The topological polar surface area (TPSA) is 21.7 Å². The van der Waals surface area contributed by atoms with Gasteiger partial charge in [0.2, 0.25) is 0 Å². The summed E-state index contributed by atoms with van der Waals surface area (Å²) in [5.41, 5.74) is 1.84. The van der Waals surface area contributed by atoms with Crippen LogP contribution in [-0.4, -0.2) is 30.1 Å². The van der Waals surface area contributed by atoms with E-state index < -0.39 is 0 Å². The van der Waals surface area contributed by atoms with Gasteiger partial charge in [0.25, 0.3) is 0 Å². The molecule has 0 saturated carbocycles. The molecule has 0 spiro atoms. The van der Waals surface area contributed by atoms with Crippen molar-refractivity contribution >= 4 is 40.4 Å². The predicted octanol–water partition coefficient (Wildman–Crippen LogP) is 5.35. The molecular weight excluding hydrogens is 377 g/mol. The second kappa shape index (κ2) is 8.26. The molecule has 3 rings (SSSR count). The molecule has 1 aliphatic heterocycles. The molecule has 2 aromatic carbocycles. The molecule has 0 unspecified atom stereocenters. The molecule has 0 atom stereocenters. The monoisotopic (exact) mass is 395 g/mol. The van der Waals surface area contributed by atoms with Gasteiger partial charge in [-0.3, -0.25) is 0 Å². The van der Waals surface area contributed by atoms with E-state index in [0.29, 0.717) is 28.2 Å². The maximum absolute atomic E-state index is 6.19. The van der Waals surface area contributed by atoms with Crippen LogP contribution in [0.1, 0.15) is 24.0 Å². The summed E-state index contributed by atoms with van der Waals surface area (Å²) in [6, 6.07) is 11.1. The predicted molar refractivity (Wildman–Crippen MR) is 106 cm³/mol. The van der Waals surface area contributed by atoms with Crippen LogP contribution in [0.25, 0.3) is 0 Å². The zero-order chi connectivity index (χ0) is 17.8. The molecule has 0 aliphatic carbocycles. The molecule has 1 heterocycles. The number of methoxy groups -OCH3 is 1. The van der Waals surface area contributed by atoms with Crippen molar-refractivity contribution in [1.82, 2.24) is 4.90 Å². The Hall–Kier alpha value is -1.49. The van der Waals surface area contributed by atoms with Crippen LogP contribution in [0.2, 0.25) is 10.0 Å². The summed E-state index contributed by atoms with van der Waals surface area (Å²) in [4.78, 5) is 3.10. The normalized spacial score (nSPS) is 13.8. The fourth-order valence-electron chi connectivity index (χ4n) is 2.82. The second-order valence-electron chi connectivity index (χ2n) is 5.89. The Balaban J connectivity index is 1.74. The number of nitrogens with zero attached hydrogens (tertiary/aromatic N) is 1. The molecule has 0 amide bonds. The average Bonchev–Trinajstić information content (AvgIpc) is 3.15. The van der Waals surface area contributed by atoms with E-state index in [9.17, 15) is 0 Å². The third kappa shape index (κ3) is 4.38. The van der Waals surface area contributed by atoms with Gasteiger partial charge in [-0.05, 0) is 43.2 Å². The van der Waals surface area contributed by atoms with E-state index in [0.717, 1.165) is 29.2 Å². The number of benzene rings is 2. The molecule has 0 bridgehead atoms. The summed E-state index contributed by atoms with van der Waals surface area (Å²) in [6.07, 6.45) is 2.39. The molecule has 1 saturated heterocycles. The van der Waals surface area contributed by atoms with Gasteiger partial charge in [0.15, 0.2) is 11.5 Å². The Bertz CT molecular complexity index is 776. The van der Waals surface area contributed by atoms with Gasteiger partial charge in [-0.1, -0.05) is 41.5 Å². The minimum absolute atomic E-state index is 0.336. The largest absolute Gasteiger partial charge is 0.493 e. The second-order valence-corrected chi connectivity index (χ2v) is 7.12. The van der Waals surface area contributed by atoms with Gasteiger partial charge in [0.05, 0.1) is 7.11 Å². The summed E-state index contributed by atoms with van der Waals surface area (Å²) in [5.74, 6) is 1.31. The molecule has 6 heteroatoms. The molecule has 0 radical (unpaired) electrons. The van der Waals surface area contributed by atoms with Gasteiger partial charge < -0.3 is 14.4 Å². The average molecular weight is 396 g/mol. The number of rotatable bonds is 5. The van der Waals surface area contributed by atoms with E-state index in [1.807, 2.05) is 24.3 Å². The maximum atomic E-state index is 6.19. The van der Waals surface area contributed by atoms with Crippen molar-refractivity contribution in [3.05, 3.63) is 57.6 Å². The smallest absolute Gasteiger partial charge is 0.161 e. The van der Waals surface area contributed by atoms with Crippen LogP contribution >= 0.6 is 35.4 Å². The highest BCUT2D eigenvalue weighted by atomic mass is 35.5. The lowest BCUT2D eigenvalue weighted by Crippen LogP contribution is -2.26. The first-order valence-electron chi connectivity index (χ1n) is 8.12. The van der Waals surface area contributed by atoms with Crippen molar-refractivity contribution in [3.8, 4) is 11.5 Å². The highest BCUT2D eigenvalue weighted by Crippen LogP contribution is 2.31. The van der Waals surface area contributed by atoms with E-state index in [1.54, 1.807) is 19.2 Å². The van der Waals surface area contributed by atoms with Crippen LogP contribution in [0.5, 0.6) is 11.5 Å². The molecule has 1 aliphatic rings. The Kier molecular flexibility index (Phi) is 6.05. The number of likely N-dealkylation sites (tertiary alicyclic amines) is 1. The molecule has 0 aromatic heterocycles. The van der Waals surface area contributed by atoms with E-state index in [4.69, 9.17) is 44.9 Å². The van der Waals surface area contributed by atoms with Gasteiger partial charge >= 0.3 is 0 Å². The van der Waals surface area contributed by atoms with Gasteiger partial charge in [0, 0.05) is 34.3 Å². The van der Waals surface area contributed by atoms with Gasteiger partial charge in [-0.15, -0.1) is 0 Å². The highest BCUT2D eigenvalue weighted by Gasteiger charge is 2.18. The van der Waals surface area contributed by atoms with Gasteiger partial charge in [0.1, 0.15) is 11.6 Å². The molecular formula is C19H19Cl2NO2S. The summed E-state index contributed by atoms with van der Waals surface area (Å²) in [5, 5.41) is 1.18. The lowest BCUT2D eigenvalue weighted by molar-refractivity contribution is 0.284. The van der Waals surface area contributed by atoms with Crippen molar-refractivity contribution < 1.29 is 9.47 Å². The van der Waals surface area contributed by atoms with Crippen LogP contribution in [0.15, 0.2) is 36.4 Å². The molecule has 132 valence electrons. The molecule has 0 N–H and O–H groups in total. The van der Waals surface area contributed by atoms with Crippen molar-refractivity contribution in [2.24, 2.45) is 0 Å². The molecule has 1 fully saturated rings. The van der Waals surface area contributed by atoms with Crippen LogP contribution in [-0.2, 0) is 6.61 Å². The van der Waals surface area contributed by atoms with Crippen LogP contribution in [0.3, 0.4) is 0 Å². The summed E-state index contributed by atoms with van der Waals surface area (Å²) in [7, 11) is 1.63. The summed E-state index contributed by atoms with van der Waals surface area (Å²) in [6.45, 7) is 2.38. The maximum Gasteiger partial charge on any atom is 0.161 e. The Morgan fingerprint density at radius 1 is 1.08 bits per heavy atom. The minimum Gasteiger partial charge on any atom is -0.493 e. The van der Waals surface area contributed by atoms with E-state index in [2.05, 4.69) is 4.90 Å². The first-order chi connectivity index (χ1) is 12.1. The van der Waals surface area contributed by atoms with Gasteiger partial charge in [-0.2, -0.15) is 0 Å². The summed E-state index contributed by atoms with van der Waals surface area (Å²) >= 11 is 17.7. The zero-order valence-corrected chi connectivity index (χ0v) is 16.3. The zero-order valence-electron chi connectivity index (χ0n) is 13.9. The van der Waals surface area contributed by atoms with Crippen molar-refractivity contribution in [2.75, 3.05) is 20.2 Å². The van der Waals surface area contributed by atoms with E-state index in [-0.39, 0.29) is 0 Å². The fraction of sp³-hybridized carbons (Fsp3) is 0.316. The Labute approximate surface area is 163 Å². The Morgan fingerprint density at radius 2 is 1.84 bits per heavy atom. The molecule has 3 nitrogen and oxygen atoms in total. The molecule has 2 aromatic rings. The lowest BCUT2D eigenvalue weighted by Gasteiger charge is -2.20. The Morgan fingerprint density at radius 3 is 2.52 bits per heavy atom. The van der Waals surface area contributed by atoms with Crippen LogP contribution in [0, 0.1) is 0 Å². The van der Waals surface area contributed by atoms with Crippen LogP contribution in [0.4, 0.5) is 0 Å². The molecule has 25 heavy (non-hydrogen) atoms. The minimum atomic E-state index is 0.336. The number of thiocarbonyl (C=S) groups is 1. The van der Waals surface area contributed by atoms with E-state index >= 15 is 0 Å². The van der Waals surface area contributed by atoms with Crippen LogP contribution < -0.4 is 9.47 Å². The summed E-state index contributed by atoms with van der Waals surface area (Å²) < 4.78 is 11.4. The number of hydrogen-bond acceptors (Lipinski definition) is 3. The lowest BCUT2D eigenvalue weighted by atomic mass is 10.2. The van der Waals surface area contributed by atoms with E-state index in [1.165, 1.54) is 12.8 Å². The number of halogens is 2. The van der Waals surface area contributed by atoms with Gasteiger partial charge in [-0.25, -0.2) is 0 Å². The standard InChI is InChI=1S/C19H19Cl2NO2S/c1-23-18-10-13(19(25)22-8-2-3-9-22)5-7-17(18)24-12-14-4-6-15(20)11-16(14)21/h4-7,10-11H,2-3,8-9,12H2,1H3. The third-order valence-corrected chi connectivity index (χ3v) is 5.28. The first kappa shape index (κ1) is 18.3. The van der Waals surface area contributed by atoms with Crippen molar-refractivity contribution in [3.63, 3.8) is 0 Å². The highest BCUT2D eigenvalue weighted by molar-refractivity contribution is 7.80. The van der Waals surface area contributed by atoms with Crippen molar-refractivity contribution in [2.45, 2.75) is 19.4 Å². The number of hydrogen-bond donors (Lipinski definition) is 0. The SMILES string of the molecule is COc1cc(C(=S)N2CCCC2)ccc1OCc1ccc(Cl)cc1Cl. The fourth-order valence-corrected chi connectivity index (χ4v) is 3.59. The van der Waals surface area contributed by atoms with Crippen molar-refractivity contribution in [1.29, 1.82) is 0 Å². The first-order valence-corrected chi connectivity index (χ1v) is 9.29. The number of ether oxygens (including phenoxy) is 2.